The van der Waals surface area contributed by atoms with Crippen molar-refractivity contribution in [1.82, 2.24) is 9.97 Å². The van der Waals surface area contributed by atoms with Crippen LogP contribution in [-0.2, 0) is 12.8 Å². The summed E-state index contributed by atoms with van der Waals surface area (Å²) in [6.07, 6.45) is 5.72. The van der Waals surface area contributed by atoms with Crippen LogP contribution in [0, 0.1) is 0 Å². The molecule has 0 unspecified atom stereocenters. The van der Waals surface area contributed by atoms with E-state index in [2.05, 4.69) is 15.3 Å². The van der Waals surface area contributed by atoms with Crippen LogP contribution in [0.2, 0.25) is 5.15 Å². The Labute approximate surface area is 87.9 Å². The van der Waals surface area contributed by atoms with Crippen molar-refractivity contribution >= 4 is 17.5 Å². The Bertz CT molecular complexity index is 374. The molecule has 14 heavy (non-hydrogen) atoms. The lowest BCUT2D eigenvalue weighted by atomic mass is 10.3. The molecule has 4 heteroatoms. The minimum absolute atomic E-state index is 0.588. The maximum absolute atomic E-state index is 6.09. The normalized spacial score (nSPS) is 19.5. The van der Waals surface area contributed by atoms with E-state index in [1.54, 1.807) is 0 Å². The van der Waals surface area contributed by atoms with Crippen LogP contribution in [0.5, 0.6) is 0 Å². The molecule has 1 aromatic heterocycles. The second-order valence-corrected chi connectivity index (χ2v) is 4.39. The Balaban J connectivity index is 1.94. The zero-order chi connectivity index (χ0) is 9.54. The van der Waals surface area contributed by atoms with E-state index in [4.69, 9.17) is 11.6 Å². The molecule has 1 N–H and O–H groups in total. The fraction of sp³-hybridized carbons (Fsp3) is 0.600. The van der Waals surface area contributed by atoms with Gasteiger partial charge in [-0.2, -0.15) is 0 Å². The number of nitrogens with zero attached hydrogens (tertiary/aromatic N) is 2. The summed E-state index contributed by atoms with van der Waals surface area (Å²) in [7, 11) is 0. The van der Waals surface area contributed by atoms with E-state index in [9.17, 15) is 0 Å². The first kappa shape index (κ1) is 8.48. The van der Waals surface area contributed by atoms with Gasteiger partial charge < -0.3 is 5.32 Å². The highest BCUT2D eigenvalue weighted by molar-refractivity contribution is 6.30. The van der Waals surface area contributed by atoms with Crippen LogP contribution in [0.3, 0.4) is 0 Å². The van der Waals surface area contributed by atoms with Crippen molar-refractivity contribution in [2.24, 2.45) is 0 Å². The number of aromatic nitrogens is 2. The lowest BCUT2D eigenvalue weighted by Gasteiger charge is -2.06. The third-order valence-electron chi connectivity index (χ3n) is 2.79. The van der Waals surface area contributed by atoms with Crippen LogP contribution in [0.1, 0.15) is 30.5 Å². The van der Waals surface area contributed by atoms with Crippen molar-refractivity contribution in [3.63, 3.8) is 0 Å². The van der Waals surface area contributed by atoms with Gasteiger partial charge in [-0.15, -0.1) is 0 Å². The van der Waals surface area contributed by atoms with Crippen LogP contribution in [0.25, 0.3) is 0 Å². The van der Waals surface area contributed by atoms with Crippen molar-refractivity contribution in [3.8, 4) is 0 Å². The molecule has 0 radical (unpaired) electrons. The molecule has 0 amide bonds. The predicted molar refractivity (Wildman–Crippen MR) is 55.7 cm³/mol. The third-order valence-corrected chi connectivity index (χ3v) is 3.11. The van der Waals surface area contributed by atoms with Crippen LogP contribution in [0.4, 0.5) is 5.95 Å². The number of rotatable bonds is 2. The quantitative estimate of drug-likeness (QED) is 0.759. The van der Waals surface area contributed by atoms with Crippen LogP contribution >= 0.6 is 11.6 Å². The van der Waals surface area contributed by atoms with E-state index in [-0.39, 0.29) is 0 Å². The number of aryl methyl sites for hydroxylation is 1. The molecule has 1 heterocycles. The fourth-order valence-corrected chi connectivity index (χ4v) is 2.15. The standard InChI is InChI=1S/C10H12ClN3/c11-9-7-2-1-3-8(7)13-10(14-9)12-6-4-5-6/h6H,1-5H2,(H,12,13,14). The number of fused-ring (bicyclic) bond motifs is 1. The van der Waals surface area contributed by atoms with Gasteiger partial charge in [0.05, 0.1) is 5.69 Å². The van der Waals surface area contributed by atoms with Gasteiger partial charge in [0.25, 0.3) is 0 Å². The summed E-state index contributed by atoms with van der Waals surface area (Å²) in [5.74, 6) is 0.721. The molecule has 0 saturated heterocycles. The topological polar surface area (TPSA) is 37.8 Å². The fourth-order valence-electron chi connectivity index (χ4n) is 1.86. The van der Waals surface area contributed by atoms with Crippen molar-refractivity contribution in [1.29, 1.82) is 0 Å². The molecule has 3 nitrogen and oxygen atoms in total. The first-order valence-electron chi connectivity index (χ1n) is 5.15. The first-order valence-corrected chi connectivity index (χ1v) is 5.52. The molecule has 1 fully saturated rings. The summed E-state index contributed by atoms with van der Waals surface area (Å²) in [6, 6.07) is 0.588. The largest absolute Gasteiger partial charge is 0.351 e. The molecular formula is C10H12ClN3. The van der Waals surface area contributed by atoms with E-state index >= 15 is 0 Å². The second-order valence-electron chi connectivity index (χ2n) is 4.04. The summed E-state index contributed by atoms with van der Waals surface area (Å²) in [4.78, 5) is 8.76. The minimum atomic E-state index is 0.588. The highest BCUT2D eigenvalue weighted by Crippen LogP contribution is 2.29. The second kappa shape index (κ2) is 3.09. The molecular weight excluding hydrogens is 198 g/mol. The highest BCUT2D eigenvalue weighted by Gasteiger charge is 2.24. The van der Waals surface area contributed by atoms with E-state index < -0.39 is 0 Å². The van der Waals surface area contributed by atoms with Crippen molar-refractivity contribution in [2.75, 3.05) is 5.32 Å². The molecule has 0 bridgehead atoms. The zero-order valence-electron chi connectivity index (χ0n) is 7.89. The SMILES string of the molecule is Clc1nc(NC2CC2)nc2c1CCC2. The Morgan fingerprint density at radius 1 is 1.21 bits per heavy atom. The molecule has 2 aliphatic carbocycles. The van der Waals surface area contributed by atoms with Gasteiger partial charge in [-0.05, 0) is 32.1 Å². The summed E-state index contributed by atoms with van der Waals surface area (Å²) < 4.78 is 0. The van der Waals surface area contributed by atoms with Crippen molar-refractivity contribution < 1.29 is 0 Å². The zero-order valence-corrected chi connectivity index (χ0v) is 8.64. The minimum Gasteiger partial charge on any atom is -0.351 e. The van der Waals surface area contributed by atoms with Gasteiger partial charge in [0.15, 0.2) is 0 Å². The van der Waals surface area contributed by atoms with Gasteiger partial charge in [-0.1, -0.05) is 11.6 Å². The van der Waals surface area contributed by atoms with Gasteiger partial charge in [0.1, 0.15) is 5.15 Å². The molecule has 2 aliphatic rings. The van der Waals surface area contributed by atoms with Gasteiger partial charge in [0, 0.05) is 11.6 Å². The number of halogens is 1. The predicted octanol–water partition coefficient (Wildman–Crippen LogP) is 2.19. The number of anilines is 1. The lowest BCUT2D eigenvalue weighted by Crippen LogP contribution is -2.07. The van der Waals surface area contributed by atoms with Gasteiger partial charge >= 0.3 is 0 Å². The average molecular weight is 210 g/mol. The highest BCUT2D eigenvalue weighted by atomic mass is 35.5. The number of hydrogen-bond acceptors (Lipinski definition) is 3. The molecule has 1 saturated carbocycles. The lowest BCUT2D eigenvalue weighted by molar-refractivity contribution is 0.898. The smallest absolute Gasteiger partial charge is 0.224 e. The molecule has 0 aliphatic heterocycles. The van der Waals surface area contributed by atoms with Crippen LogP contribution < -0.4 is 5.32 Å². The molecule has 1 aromatic rings. The third kappa shape index (κ3) is 1.46. The van der Waals surface area contributed by atoms with Crippen LogP contribution in [-0.4, -0.2) is 16.0 Å². The molecule has 74 valence electrons. The first-order chi connectivity index (χ1) is 6.83. The number of nitrogens with one attached hydrogen (secondary N) is 1. The summed E-state index contributed by atoms with van der Waals surface area (Å²) in [6.45, 7) is 0. The van der Waals surface area contributed by atoms with E-state index in [1.807, 2.05) is 0 Å². The molecule has 3 rings (SSSR count). The van der Waals surface area contributed by atoms with Gasteiger partial charge in [-0.3, -0.25) is 0 Å². The van der Waals surface area contributed by atoms with E-state index in [1.165, 1.54) is 12.8 Å². The molecule has 0 spiro atoms. The average Bonchev–Trinajstić information content (AvgIpc) is 2.82. The Morgan fingerprint density at radius 2 is 2.07 bits per heavy atom. The van der Waals surface area contributed by atoms with E-state index in [0.29, 0.717) is 11.2 Å². The maximum Gasteiger partial charge on any atom is 0.224 e. The van der Waals surface area contributed by atoms with Gasteiger partial charge in [-0.25, -0.2) is 9.97 Å². The van der Waals surface area contributed by atoms with Gasteiger partial charge in [0.2, 0.25) is 5.95 Å². The Morgan fingerprint density at radius 3 is 2.86 bits per heavy atom. The Hall–Kier alpha value is -0.830. The molecule has 0 atom stereocenters. The number of hydrogen-bond donors (Lipinski definition) is 1. The maximum atomic E-state index is 6.09. The summed E-state index contributed by atoms with van der Waals surface area (Å²) >= 11 is 6.09. The van der Waals surface area contributed by atoms with Crippen molar-refractivity contribution in [3.05, 3.63) is 16.4 Å². The Kier molecular flexibility index (Phi) is 1.87. The van der Waals surface area contributed by atoms with Crippen LogP contribution in [0.15, 0.2) is 0 Å². The monoisotopic (exact) mass is 209 g/mol. The van der Waals surface area contributed by atoms with E-state index in [0.717, 1.165) is 36.5 Å². The summed E-state index contributed by atoms with van der Waals surface area (Å²) in [5.41, 5.74) is 2.31. The summed E-state index contributed by atoms with van der Waals surface area (Å²) in [5, 5.41) is 3.93. The van der Waals surface area contributed by atoms with Crippen molar-refractivity contribution in [2.45, 2.75) is 38.1 Å². The molecule has 0 aromatic carbocycles.